The summed E-state index contributed by atoms with van der Waals surface area (Å²) >= 11 is 0. The maximum absolute atomic E-state index is 12.2. The Morgan fingerprint density at radius 1 is 1.39 bits per heavy atom. The molecular formula is C13H24N2O3. The molecular weight excluding hydrogens is 232 g/mol. The van der Waals surface area contributed by atoms with Crippen LogP contribution in [0.15, 0.2) is 0 Å². The van der Waals surface area contributed by atoms with Crippen molar-refractivity contribution < 1.29 is 14.7 Å². The molecule has 1 aliphatic rings. The molecule has 0 aliphatic heterocycles. The van der Waals surface area contributed by atoms with E-state index in [1.54, 1.807) is 0 Å². The van der Waals surface area contributed by atoms with E-state index in [9.17, 15) is 14.7 Å². The second-order valence-corrected chi connectivity index (χ2v) is 5.18. The number of rotatable bonds is 5. The lowest BCUT2D eigenvalue weighted by molar-refractivity contribution is -0.141. The molecule has 18 heavy (non-hydrogen) atoms. The molecule has 0 spiro atoms. The zero-order chi connectivity index (χ0) is 13.7. The minimum atomic E-state index is -0.542. The fourth-order valence-electron chi connectivity index (χ4n) is 2.35. The Labute approximate surface area is 109 Å². The van der Waals surface area contributed by atoms with Crippen LogP contribution in [-0.2, 0) is 9.59 Å². The van der Waals surface area contributed by atoms with Gasteiger partial charge in [-0.15, -0.1) is 0 Å². The van der Waals surface area contributed by atoms with E-state index in [-0.39, 0.29) is 30.3 Å². The molecule has 2 unspecified atom stereocenters. The fourth-order valence-corrected chi connectivity index (χ4v) is 2.35. The van der Waals surface area contributed by atoms with Crippen LogP contribution < -0.4 is 5.32 Å². The van der Waals surface area contributed by atoms with Crippen molar-refractivity contribution in [1.82, 2.24) is 10.2 Å². The van der Waals surface area contributed by atoms with Crippen molar-refractivity contribution in [3.63, 3.8) is 0 Å². The van der Waals surface area contributed by atoms with Crippen molar-refractivity contribution >= 4 is 11.8 Å². The fraction of sp³-hybridized carbons (Fsp3) is 0.846. The Balaban J connectivity index is 2.54. The smallest absolute Gasteiger partial charge is 0.239 e. The number of aliphatic hydroxyl groups excluding tert-OH is 1. The Kier molecular flexibility index (Phi) is 5.59. The van der Waals surface area contributed by atoms with Gasteiger partial charge in [0.15, 0.2) is 0 Å². The minimum absolute atomic E-state index is 0.0726. The lowest BCUT2D eigenvalue weighted by atomic mass is 10.0. The highest BCUT2D eigenvalue weighted by Gasteiger charge is 2.34. The number of hydrogen-bond acceptors (Lipinski definition) is 3. The lowest BCUT2D eigenvalue weighted by Crippen LogP contribution is -2.45. The third-order valence-corrected chi connectivity index (χ3v) is 3.27. The molecule has 1 fully saturated rings. The van der Waals surface area contributed by atoms with Crippen molar-refractivity contribution in [2.45, 2.75) is 52.2 Å². The first kappa shape index (κ1) is 15.0. The van der Waals surface area contributed by atoms with Crippen LogP contribution in [0.2, 0.25) is 0 Å². The minimum Gasteiger partial charge on any atom is -0.392 e. The molecule has 1 aliphatic carbocycles. The van der Waals surface area contributed by atoms with Gasteiger partial charge in [0, 0.05) is 12.6 Å². The summed E-state index contributed by atoms with van der Waals surface area (Å²) < 4.78 is 0. The highest BCUT2D eigenvalue weighted by atomic mass is 16.3. The van der Waals surface area contributed by atoms with Crippen LogP contribution in [0.4, 0.5) is 0 Å². The molecule has 0 saturated heterocycles. The molecule has 5 heteroatoms. The highest BCUT2D eigenvalue weighted by molar-refractivity contribution is 5.86. The summed E-state index contributed by atoms with van der Waals surface area (Å²) in [4.78, 5) is 25.4. The molecule has 104 valence electrons. The molecule has 2 amide bonds. The van der Waals surface area contributed by atoms with Gasteiger partial charge in [0.05, 0.1) is 18.6 Å². The summed E-state index contributed by atoms with van der Waals surface area (Å²) in [6, 6.07) is 0.0726. The van der Waals surface area contributed by atoms with E-state index < -0.39 is 6.10 Å². The molecule has 0 heterocycles. The Morgan fingerprint density at radius 3 is 2.50 bits per heavy atom. The second kappa shape index (κ2) is 6.73. The number of nitrogens with one attached hydrogen (secondary N) is 1. The standard InChI is InChI=1S/C13H24N2O3/c1-4-15(8-12(17)14-9(2)3)13(18)10-6-5-7-11(10)16/h9-11,16H,4-8H2,1-3H3,(H,14,17). The van der Waals surface area contributed by atoms with Crippen molar-refractivity contribution in [3.05, 3.63) is 0 Å². The first-order valence-corrected chi connectivity index (χ1v) is 6.72. The average molecular weight is 256 g/mol. The van der Waals surface area contributed by atoms with Gasteiger partial charge in [-0.3, -0.25) is 9.59 Å². The summed E-state index contributed by atoms with van der Waals surface area (Å²) in [6.07, 6.45) is 1.75. The van der Waals surface area contributed by atoms with Gasteiger partial charge >= 0.3 is 0 Å². The predicted molar refractivity (Wildman–Crippen MR) is 68.9 cm³/mol. The number of carbonyl (C=O) groups is 2. The van der Waals surface area contributed by atoms with Crippen LogP contribution in [0, 0.1) is 5.92 Å². The van der Waals surface area contributed by atoms with Gasteiger partial charge in [0.2, 0.25) is 11.8 Å². The highest BCUT2D eigenvalue weighted by Crippen LogP contribution is 2.27. The van der Waals surface area contributed by atoms with Gasteiger partial charge in [-0.05, 0) is 40.0 Å². The number of amides is 2. The molecule has 1 rings (SSSR count). The molecule has 0 bridgehead atoms. The van der Waals surface area contributed by atoms with Crippen molar-refractivity contribution in [2.24, 2.45) is 5.92 Å². The van der Waals surface area contributed by atoms with E-state index in [2.05, 4.69) is 5.32 Å². The van der Waals surface area contributed by atoms with Crippen LogP contribution in [-0.4, -0.2) is 47.1 Å². The molecule has 0 aromatic rings. The maximum Gasteiger partial charge on any atom is 0.239 e. The molecule has 1 saturated carbocycles. The van der Waals surface area contributed by atoms with Gasteiger partial charge < -0.3 is 15.3 Å². The topological polar surface area (TPSA) is 69.6 Å². The zero-order valence-electron chi connectivity index (χ0n) is 11.5. The number of hydrogen-bond donors (Lipinski definition) is 2. The molecule has 0 aromatic heterocycles. The van der Waals surface area contributed by atoms with Gasteiger partial charge in [-0.25, -0.2) is 0 Å². The van der Waals surface area contributed by atoms with Gasteiger partial charge in [0.25, 0.3) is 0 Å². The lowest BCUT2D eigenvalue weighted by Gasteiger charge is -2.25. The number of aliphatic hydroxyl groups is 1. The zero-order valence-corrected chi connectivity index (χ0v) is 11.5. The van der Waals surface area contributed by atoms with Crippen LogP contribution in [0.5, 0.6) is 0 Å². The normalized spacial score (nSPS) is 23.2. The third-order valence-electron chi connectivity index (χ3n) is 3.27. The summed E-state index contributed by atoms with van der Waals surface area (Å²) in [5.41, 5.74) is 0. The monoisotopic (exact) mass is 256 g/mol. The predicted octanol–water partition coefficient (Wildman–Crippen LogP) is 0.520. The quantitative estimate of drug-likeness (QED) is 0.753. The molecule has 5 nitrogen and oxygen atoms in total. The summed E-state index contributed by atoms with van der Waals surface area (Å²) in [5.74, 6) is -0.564. The number of carbonyl (C=O) groups excluding carboxylic acids is 2. The van der Waals surface area contributed by atoms with Crippen LogP contribution in [0.25, 0.3) is 0 Å². The van der Waals surface area contributed by atoms with Crippen LogP contribution in [0.1, 0.15) is 40.0 Å². The van der Waals surface area contributed by atoms with Gasteiger partial charge in [-0.2, -0.15) is 0 Å². The number of likely N-dealkylation sites (N-methyl/N-ethyl adjacent to an activating group) is 1. The van der Waals surface area contributed by atoms with Crippen molar-refractivity contribution in [3.8, 4) is 0 Å². The van der Waals surface area contributed by atoms with Gasteiger partial charge in [0.1, 0.15) is 0 Å². The van der Waals surface area contributed by atoms with E-state index in [4.69, 9.17) is 0 Å². The Morgan fingerprint density at radius 2 is 2.06 bits per heavy atom. The third kappa shape index (κ3) is 3.98. The van der Waals surface area contributed by atoms with E-state index in [0.29, 0.717) is 13.0 Å². The maximum atomic E-state index is 12.2. The van der Waals surface area contributed by atoms with Crippen LogP contribution in [0.3, 0.4) is 0 Å². The number of nitrogens with zero attached hydrogens (tertiary/aromatic N) is 1. The first-order valence-electron chi connectivity index (χ1n) is 6.72. The van der Waals surface area contributed by atoms with Crippen molar-refractivity contribution in [2.75, 3.05) is 13.1 Å². The average Bonchev–Trinajstić information content (AvgIpc) is 2.70. The molecule has 2 atom stereocenters. The summed E-state index contributed by atoms with van der Waals surface area (Å²) in [6.45, 7) is 6.19. The van der Waals surface area contributed by atoms with E-state index in [0.717, 1.165) is 12.8 Å². The first-order chi connectivity index (χ1) is 8.45. The Hall–Kier alpha value is -1.10. The largest absolute Gasteiger partial charge is 0.392 e. The summed E-state index contributed by atoms with van der Waals surface area (Å²) in [5, 5.41) is 12.5. The molecule has 0 radical (unpaired) electrons. The van der Waals surface area contributed by atoms with E-state index >= 15 is 0 Å². The second-order valence-electron chi connectivity index (χ2n) is 5.18. The van der Waals surface area contributed by atoms with E-state index in [1.807, 2.05) is 20.8 Å². The van der Waals surface area contributed by atoms with Crippen molar-refractivity contribution in [1.29, 1.82) is 0 Å². The Bertz CT molecular complexity index is 305. The summed E-state index contributed by atoms with van der Waals surface area (Å²) in [7, 11) is 0. The molecule has 2 N–H and O–H groups in total. The SMILES string of the molecule is CCN(CC(=O)NC(C)C)C(=O)C1CCCC1O. The molecule has 0 aromatic carbocycles. The van der Waals surface area contributed by atoms with Gasteiger partial charge in [-0.1, -0.05) is 0 Å². The van der Waals surface area contributed by atoms with Crippen LogP contribution >= 0.6 is 0 Å². The van der Waals surface area contributed by atoms with E-state index in [1.165, 1.54) is 4.90 Å².